The normalized spacial score (nSPS) is 11.1. The van der Waals surface area contributed by atoms with Gasteiger partial charge in [0.05, 0.1) is 10.7 Å². The van der Waals surface area contributed by atoms with Gasteiger partial charge in [-0.05, 0) is 43.3 Å². The van der Waals surface area contributed by atoms with Crippen LogP contribution in [-0.4, -0.2) is 17.5 Å². The van der Waals surface area contributed by atoms with E-state index in [-0.39, 0.29) is 5.69 Å². The molecule has 0 atom stereocenters. The summed E-state index contributed by atoms with van der Waals surface area (Å²) in [6, 6.07) is 9.82. The molecule has 2 aromatic carbocycles. The second-order valence-corrected chi connectivity index (χ2v) is 5.57. The summed E-state index contributed by atoms with van der Waals surface area (Å²) in [6.07, 6.45) is 0. The molecule has 0 spiro atoms. The molecule has 0 fully saturated rings. The molecule has 2 N–H and O–H groups in total. The van der Waals surface area contributed by atoms with Crippen LogP contribution >= 0.6 is 23.2 Å². The lowest BCUT2D eigenvalue weighted by Crippen LogP contribution is -2.32. The van der Waals surface area contributed by atoms with E-state index in [1.54, 1.807) is 25.1 Å². The minimum atomic E-state index is -0.969. The van der Waals surface area contributed by atoms with Gasteiger partial charge in [-0.2, -0.15) is 5.10 Å². The van der Waals surface area contributed by atoms with E-state index in [0.717, 1.165) is 0 Å². The average molecular weight is 368 g/mol. The highest BCUT2D eigenvalue weighted by molar-refractivity contribution is 6.40. The van der Waals surface area contributed by atoms with Crippen molar-refractivity contribution in [2.75, 3.05) is 5.32 Å². The molecule has 0 aromatic heterocycles. The SMILES string of the molecule is CC(=NNC(=O)C(=O)Nc1ccc(F)cc1)c1ccc(Cl)cc1Cl. The van der Waals surface area contributed by atoms with Gasteiger partial charge in [-0.1, -0.05) is 29.3 Å². The number of hydrazone groups is 1. The summed E-state index contributed by atoms with van der Waals surface area (Å²) in [6.45, 7) is 1.62. The monoisotopic (exact) mass is 367 g/mol. The zero-order chi connectivity index (χ0) is 17.7. The topological polar surface area (TPSA) is 70.6 Å². The summed E-state index contributed by atoms with van der Waals surface area (Å²) in [5.41, 5.74) is 3.39. The Hall–Kier alpha value is -2.44. The van der Waals surface area contributed by atoms with Crippen LogP contribution in [0.15, 0.2) is 47.6 Å². The molecule has 2 rings (SSSR count). The minimum Gasteiger partial charge on any atom is -0.318 e. The Balaban J connectivity index is 2.00. The van der Waals surface area contributed by atoms with Crippen LogP contribution < -0.4 is 10.7 Å². The van der Waals surface area contributed by atoms with Crippen LogP contribution in [-0.2, 0) is 9.59 Å². The van der Waals surface area contributed by atoms with Gasteiger partial charge in [0, 0.05) is 16.3 Å². The summed E-state index contributed by atoms with van der Waals surface area (Å²) in [4.78, 5) is 23.5. The molecule has 0 aliphatic rings. The lowest BCUT2D eigenvalue weighted by molar-refractivity contribution is -0.136. The highest BCUT2D eigenvalue weighted by Gasteiger charge is 2.13. The maximum atomic E-state index is 12.8. The number of carbonyl (C=O) groups is 2. The number of hydrogen-bond donors (Lipinski definition) is 2. The van der Waals surface area contributed by atoms with Crippen LogP contribution in [0.1, 0.15) is 12.5 Å². The Morgan fingerprint density at radius 2 is 1.71 bits per heavy atom. The maximum absolute atomic E-state index is 12.8. The highest BCUT2D eigenvalue weighted by atomic mass is 35.5. The van der Waals surface area contributed by atoms with Crippen LogP contribution in [0.3, 0.4) is 0 Å². The van der Waals surface area contributed by atoms with E-state index in [2.05, 4.69) is 15.8 Å². The van der Waals surface area contributed by atoms with Crippen molar-refractivity contribution in [2.45, 2.75) is 6.92 Å². The van der Waals surface area contributed by atoms with Gasteiger partial charge in [-0.3, -0.25) is 9.59 Å². The second-order valence-electron chi connectivity index (χ2n) is 4.72. The number of halogens is 3. The third-order valence-corrected chi connectivity index (χ3v) is 3.50. The minimum absolute atomic E-state index is 0.290. The fraction of sp³-hybridized carbons (Fsp3) is 0.0625. The van der Waals surface area contributed by atoms with Gasteiger partial charge in [0.15, 0.2) is 0 Å². The van der Waals surface area contributed by atoms with Crippen molar-refractivity contribution in [3.8, 4) is 0 Å². The zero-order valence-corrected chi connectivity index (χ0v) is 14.0. The van der Waals surface area contributed by atoms with Crippen LogP contribution in [0.5, 0.6) is 0 Å². The quantitative estimate of drug-likeness (QED) is 0.494. The van der Waals surface area contributed by atoms with E-state index in [0.29, 0.717) is 21.3 Å². The average Bonchev–Trinajstić information content (AvgIpc) is 2.54. The Morgan fingerprint density at radius 3 is 2.33 bits per heavy atom. The fourth-order valence-corrected chi connectivity index (χ4v) is 2.29. The first-order chi connectivity index (χ1) is 11.4. The third-order valence-electron chi connectivity index (χ3n) is 2.95. The molecule has 0 saturated heterocycles. The van der Waals surface area contributed by atoms with Gasteiger partial charge in [-0.25, -0.2) is 9.82 Å². The molecule has 5 nitrogen and oxygen atoms in total. The molecule has 0 radical (unpaired) electrons. The molecule has 2 aromatic rings. The van der Waals surface area contributed by atoms with Gasteiger partial charge in [-0.15, -0.1) is 0 Å². The Morgan fingerprint density at radius 1 is 1.04 bits per heavy atom. The molecule has 124 valence electrons. The summed E-state index contributed by atoms with van der Waals surface area (Å²) in [5, 5.41) is 6.99. The molecule has 0 unspecified atom stereocenters. The summed E-state index contributed by atoms with van der Waals surface area (Å²) in [7, 11) is 0. The molecule has 0 heterocycles. The highest BCUT2D eigenvalue weighted by Crippen LogP contribution is 2.21. The smallest absolute Gasteiger partial charge is 0.318 e. The predicted octanol–water partition coefficient (Wildman–Crippen LogP) is 3.61. The van der Waals surface area contributed by atoms with Crippen molar-refractivity contribution in [3.05, 3.63) is 63.9 Å². The van der Waals surface area contributed by atoms with E-state index >= 15 is 0 Å². The largest absolute Gasteiger partial charge is 0.329 e. The summed E-state index contributed by atoms with van der Waals surface area (Å²) < 4.78 is 12.8. The van der Waals surface area contributed by atoms with Crippen molar-refractivity contribution in [2.24, 2.45) is 5.10 Å². The van der Waals surface area contributed by atoms with Gasteiger partial charge in [0.25, 0.3) is 0 Å². The van der Waals surface area contributed by atoms with Gasteiger partial charge in [0.2, 0.25) is 0 Å². The zero-order valence-electron chi connectivity index (χ0n) is 12.4. The molecular formula is C16H12Cl2FN3O2. The third kappa shape index (κ3) is 4.78. The first-order valence-corrected chi connectivity index (χ1v) is 7.49. The van der Waals surface area contributed by atoms with Crippen LogP contribution in [0.2, 0.25) is 10.0 Å². The van der Waals surface area contributed by atoms with Crippen molar-refractivity contribution in [1.29, 1.82) is 0 Å². The second kappa shape index (κ2) is 7.90. The first kappa shape index (κ1) is 17.9. The van der Waals surface area contributed by atoms with Crippen molar-refractivity contribution in [3.63, 3.8) is 0 Å². The number of carbonyl (C=O) groups excluding carboxylic acids is 2. The summed E-state index contributed by atoms with van der Waals surface area (Å²) in [5.74, 6) is -2.35. The molecule has 0 aliphatic heterocycles. The predicted molar refractivity (Wildman–Crippen MR) is 91.8 cm³/mol. The lowest BCUT2D eigenvalue weighted by atomic mass is 10.1. The molecule has 0 aliphatic carbocycles. The molecule has 8 heteroatoms. The number of rotatable bonds is 3. The Kier molecular flexibility index (Phi) is 5.89. The van der Waals surface area contributed by atoms with Crippen molar-refractivity contribution in [1.82, 2.24) is 5.43 Å². The van der Waals surface area contributed by atoms with E-state index in [4.69, 9.17) is 23.2 Å². The van der Waals surface area contributed by atoms with E-state index in [9.17, 15) is 14.0 Å². The number of anilines is 1. The van der Waals surface area contributed by atoms with E-state index < -0.39 is 17.6 Å². The fourth-order valence-electron chi connectivity index (χ4n) is 1.75. The molecule has 0 bridgehead atoms. The number of benzene rings is 2. The Labute approximate surface area is 147 Å². The van der Waals surface area contributed by atoms with Crippen molar-refractivity contribution < 1.29 is 14.0 Å². The van der Waals surface area contributed by atoms with Crippen LogP contribution in [0.4, 0.5) is 10.1 Å². The van der Waals surface area contributed by atoms with Gasteiger partial charge in [0.1, 0.15) is 5.82 Å². The number of nitrogens with zero attached hydrogens (tertiary/aromatic N) is 1. The number of hydrogen-bond acceptors (Lipinski definition) is 3. The molecule has 2 amide bonds. The Bertz CT molecular complexity index is 807. The summed E-state index contributed by atoms with van der Waals surface area (Å²) >= 11 is 11.8. The lowest BCUT2D eigenvalue weighted by Gasteiger charge is -2.06. The van der Waals surface area contributed by atoms with E-state index in [1.165, 1.54) is 24.3 Å². The number of nitrogens with one attached hydrogen (secondary N) is 2. The number of amides is 2. The maximum Gasteiger partial charge on any atom is 0.329 e. The van der Waals surface area contributed by atoms with Gasteiger partial charge >= 0.3 is 11.8 Å². The van der Waals surface area contributed by atoms with E-state index in [1.807, 2.05) is 0 Å². The van der Waals surface area contributed by atoms with Crippen LogP contribution in [0.25, 0.3) is 0 Å². The molecule has 0 saturated carbocycles. The first-order valence-electron chi connectivity index (χ1n) is 6.73. The van der Waals surface area contributed by atoms with Crippen LogP contribution in [0, 0.1) is 5.82 Å². The van der Waals surface area contributed by atoms with Crippen molar-refractivity contribution >= 4 is 46.4 Å². The molecular weight excluding hydrogens is 356 g/mol. The standard InChI is InChI=1S/C16H12Cl2FN3O2/c1-9(13-7-2-10(17)8-14(13)18)21-22-16(24)15(23)20-12-5-3-11(19)4-6-12/h2-8H,1H3,(H,20,23)(H,22,24). The van der Waals surface area contributed by atoms with Gasteiger partial charge < -0.3 is 5.32 Å². The molecule has 24 heavy (non-hydrogen) atoms.